The summed E-state index contributed by atoms with van der Waals surface area (Å²) < 4.78 is 5.51. The van der Waals surface area contributed by atoms with Gasteiger partial charge in [-0.2, -0.15) is 0 Å². The molecule has 1 atom stereocenters. The minimum absolute atomic E-state index is 0.0189. The highest BCUT2D eigenvalue weighted by Gasteiger charge is 2.21. The summed E-state index contributed by atoms with van der Waals surface area (Å²) >= 11 is 0. The summed E-state index contributed by atoms with van der Waals surface area (Å²) in [5.74, 6) is 0.696. The van der Waals surface area contributed by atoms with Crippen molar-refractivity contribution in [2.45, 2.75) is 31.8 Å². The Morgan fingerprint density at radius 2 is 2.35 bits per heavy atom. The molecule has 0 aliphatic heterocycles. The summed E-state index contributed by atoms with van der Waals surface area (Å²) in [6.45, 7) is 2.68. The van der Waals surface area contributed by atoms with Gasteiger partial charge in [0, 0.05) is 25.6 Å². The molecule has 1 aromatic heterocycles. The van der Waals surface area contributed by atoms with Gasteiger partial charge in [-0.25, -0.2) is 4.98 Å². The Labute approximate surface area is 100 Å². The normalized spacial score (nSPS) is 17.5. The lowest BCUT2D eigenvalue weighted by Crippen LogP contribution is -2.28. The van der Waals surface area contributed by atoms with Crippen LogP contribution in [0, 0.1) is 6.92 Å². The molecular formula is C13H17N3O. The van der Waals surface area contributed by atoms with Crippen LogP contribution in [0.1, 0.15) is 30.3 Å². The standard InChI is InChI=1S/C13H17N3O/c1-8-16-12-5-2-9(6-13(12)17-8)11(14)7-15-10-3-4-10/h2,5-6,10-11,15H,3-4,7,14H2,1H3. The molecule has 4 nitrogen and oxygen atoms in total. The molecule has 4 heteroatoms. The predicted molar refractivity (Wildman–Crippen MR) is 66.7 cm³/mol. The molecule has 0 radical (unpaired) electrons. The fourth-order valence-electron chi connectivity index (χ4n) is 1.99. The van der Waals surface area contributed by atoms with Crippen LogP contribution in [0.5, 0.6) is 0 Å². The third-order valence-corrected chi connectivity index (χ3v) is 3.15. The highest BCUT2D eigenvalue weighted by molar-refractivity contribution is 5.73. The third kappa shape index (κ3) is 2.33. The van der Waals surface area contributed by atoms with Crippen molar-refractivity contribution >= 4 is 11.1 Å². The molecule has 1 aliphatic rings. The second-order valence-corrected chi connectivity index (χ2v) is 4.75. The summed E-state index contributed by atoms with van der Waals surface area (Å²) in [5.41, 5.74) is 8.96. The van der Waals surface area contributed by atoms with E-state index in [2.05, 4.69) is 10.3 Å². The van der Waals surface area contributed by atoms with Crippen LogP contribution in [0.25, 0.3) is 11.1 Å². The van der Waals surface area contributed by atoms with Gasteiger partial charge in [-0.1, -0.05) is 6.07 Å². The highest BCUT2D eigenvalue weighted by atomic mass is 16.3. The summed E-state index contributed by atoms with van der Waals surface area (Å²) in [7, 11) is 0. The van der Waals surface area contributed by atoms with E-state index in [0.717, 1.165) is 23.2 Å². The maximum Gasteiger partial charge on any atom is 0.192 e. The number of fused-ring (bicyclic) bond motifs is 1. The van der Waals surface area contributed by atoms with Crippen molar-refractivity contribution in [1.29, 1.82) is 0 Å². The van der Waals surface area contributed by atoms with Crippen LogP contribution in [0.4, 0.5) is 0 Å². The van der Waals surface area contributed by atoms with Gasteiger partial charge in [-0.15, -0.1) is 0 Å². The smallest absolute Gasteiger partial charge is 0.192 e. The Morgan fingerprint density at radius 1 is 1.53 bits per heavy atom. The van der Waals surface area contributed by atoms with Crippen LogP contribution in [-0.2, 0) is 0 Å². The van der Waals surface area contributed by atoms with Crippen LogP contribution < -0.4 is 11.1 Å². The summed E-state index contributed by atoms with van der Waals surface area (Å²) in [5, 5.41) is 3.44. The van der Waals surface area contributed by atoms with Crippen LogP contribution in [-0.4, -0.2) is 17.6 Å². The van der Waals surface area contributed by atoms with Crippen molar-refractivity contribution in [2.75, 3.05) is 6.54 Å². The van der Waals surface area contributed by atoms with Crippen molar-refractivity contribution < 1.29 is 4.42 Å². The van der Waals surface area contributed by atoms with E-state index in [1.807, 2.05) is 25.1 Å². The minimum atomic E-state index is 0.0189. The van der Waals surface area contributed by atoms with Gasteiger partial charge < -0.3 is 15.5 Å². The van der Waals surface area contributed by atoms with E-state index in [4.69, 9.17) is 10.2 Å². The monoisotopic (exact) mass is 231 g/mol. The van der Waals surface area contributed by atoms with E-state index >= 15 is 0 Å². The Bertz CT molecular complexity index is 530. The van der Waals surface area contributed by atoms with Gasteiger partial charge in [0.15, 0.2) is 11.5 Å². The lowest BCUT2D eigenvalue weighted by Gasteiger charge is -2.12. The molecule has 0 bridgehead atoms. The van der Waals surface area contributed by atoms with Gasteiger partial charge >= 0.3 is 0 Å². The molecule has 3 rings (SSSR count). The minimum Gasteiger partial charge on any atom is -0.441 e. The van der Waals surface area contributed by atoms with Crippen molar-refractivity contribution in [1.82, 2.24) is 10.3 Å². The second kappa shape index (κ2) is 4.13. The van der Waals surface area contributed by atoms with Crippen molar-refractivity contribution in [3.63, 3.8) is 0 Å². The van der Waals surface area contributed by atoms with E-state index in [0.29, 0.717) is 11.9 Å². The lowest BCUT2D eigenvalue weighted by molar-refractivity contribution is 0.558. The first-order chi connectivity index (χ1) is 8.22. The third-order valence-electron chi connectivity index (χ3n) is 3.15. The molecular weight excluding hydrogens is 214 g/mol. The Balaban J connectivity index is 1.78. The zero-order valence-electron chi connectivity index (χ0n) is 9.94. The lowest BCUT2D eigenvalue weighted by atomic mass is 10.1. The van der Waals surface area contributed by atoms with Gasteiger partial charge in [0.1, 0.15) is 5.52 Å². The average Bonchev–Trinajstić information content (AvgIpc) is 3.06. The number of hydrogen-bond acceptors (Lipinski definition) is 4. The van der Waals surface area contributed by atoms with Crippen molar-refractivity contribution in [3.05, 3.63) is 29.7 Å². The fraction of sp³-hybridized carbons (Fsp3) is 0.462. The predicted octanol–water partition coefficient (Wildman–Crippen LogP) is 1.89. The molecule has 1 heterocycles. The van der Waals surface area contributed by atoms with Gasteiger partial charge in [-0.3, -0.25) is 0 Å². The van der Waals surface area contributed by atoms with Gasteiger partial charge in [-0.05, 0) is 30.5 Å². The zero-order chi connectivity index (χ0) is 11.8. The molecule has 3 N–H and O–H groups in total. The fourth-order valence-corrected chi connectivity index (χ4v) is 1.99. The second-order valence-electron chi connectivity index (χ2n) is 4.75. The molecule has 1 aliphatic carbocycles. The Morgan fingerprint density at radius 3 is 3.12 bits per heavy atom. The molecule has 0 spiro atoms. The topological polar surface area (TPSA) is 64.1 Å². The van der Waals surface area contributed by atoms with Crippen molar-refractivity contribution in [2.24, 2.45) is 5.73 Å². The quantitative estimate of drug-likeness (QED) is 0.843. The van der Waals surface area contributed by atoms with E-state index in [1.165, 1.54) is 12.8 Å². The highest BCUT2D eigenvalue weighted by Crippen LogP contribution is 2.22. The van der Waals surface area contributed by atoms with Gasteiger partial charge in [0.25, 0.3) is 0 Å². The van der Waals surface area contributed by atoms with E-state index < -0.39 is 0 Å². The molecule has 17 heavy (non-hydrogen) atoms. The van der Waals surface area contributed by atoms with Crippen LogP contribution >= 0.6 is 0 Å². The number of nitrogens with two attached hydrogens (primary N) is 1. The molecule has 90 valence electrons. The van der Waals surface area contributed by atoms with E-state index in [9.17, 15) is 0 Å². The summed E-state index contributed by atoms with van der Waals surface area (Å²) in [6.07, 6.45) is 2.57. The van der Waals surface area contributed by atoms with Crippen LogP contribution in [0.15, 0.2) is 22.6 Å². The van der Waals surface area contributed by atoms with E-state index in [1.54, 1.807) is 0 Å². The van der Waals surface area contributed by atoms with E-state index in [-0.39, 0.29) is 6.04 Å². The summed E-state index contributed by atoms with van der Waals surface area (Å²) in [6, 6.07) is 6.71. The Kier molecular flexibility index (Phi) is 2.61. The number of aromatic nitrogens is 1. The maximum absolute atomic E-state index is 6.14. The first-order valence-electron chi connectivity index (χ1n) is 6.08. The maximum atomic E-state index is 6.14. The number of benzene rings is 1. The SMILES string of the molecule is Cc1nc2ccc(C(N)CNC3CC3)cc2o1. The first kappa shape index (κ1) is 10.7. The number of aryl methyl sites for hydroxylation is 1. The molecule has 2 aromatic rings. The molecule has 0 saturated heterocycles. The van der Waals surface area contributed by atoms with Crippen molar-refractivity contribution in [3.8, 4) is 0 Å². The van der Waals surface area contributed by atoms with Gasteiger partial charge in [0.2, 0.25) is 0 Å². The number of nitrogens with one attached hydrogen (secondary N) is 1. The first-order valence-corrected chi connectivity index (χ1v) is 6.08. The van der Waals surface area contributed by atoms with Gasteiger partial charge in [0.05, 0.1) is 0 Å². The largest absolute Gasteiger partial charge is 0.441 e. The zero-order valence-corrected chi connectivity index (χ0v) is 9.94. The number of hydrogen-bond donors (Lipinski definition) is 2. The number of nitrogens with zero attached hydrogens (tertiary/aromatic N) is 1. The molecule has 0 amide bonds. The number of oxazole rings is 1. The summed E-state index contributed by atoms with van der Waals surface area (Å²) in [4.78, 5) is 4.27. The molecule has 1 saturated carbocycles. The van der Waals surface area contributed by atoms with Crippen LogP contribution in [0.2, 0.25) is 0 Å². The Hall–Kier alpha value is -1.39. The molecule has 1 aromatic carbocycles. The average molecular weight is 231 g/mol. The number of rotatable bonds is 4. The molecule has 1 unspecified atom stereocenters. The molecule has 1 fully saturated rings. The van der Waals surface area contributed by atoms with Crippen LogP contribution in [0.3, 0.4) is 0 Å².